The molecule has 0 N–H and O–H groups in total. The first-order valence-corrected chi connectivity index (χ1v) is 6.22. The minimum Gasteiger partial charge on any atom is -0.494 e. The van der Waals surface area contributed by atoms with Gasteiger partial charge in [0.05, 0.1) is 6.61 Å². The number of unbranched alkanes of at least 4 members (excludes halogenated alkanes) is 1. The van der Waals surface area contributed by atoms with Crippen LogP contribution < -0.4 is 4.74 Å². The normalized spacial score (nSPS) is 14.3. The molecular formula is C15H19O. The van der Waals surface area contributed by atoms with E-state index in [0.29, 0.717) is 0 Å². The van der Waals surface area contributed by atoms with E-state index in [4.69, 9.17) is 4.74 Å². The summed E-state index contributed by atoms with van der Waals surface area (Å²) in [5, 5.41) is 0. The molecule has 0 spiro atoms. The number of benzene rings is 1. The summed E-state index contributed by atoms with van der Waals surface area (Å²) in [6.07, 6.45) is 11.1. The molecule has 1 aromatic rings. The lowest BCUT2D eigenvalue weighted by Crippen LogP contribution is -1.97. The van der Waals surface area contributed by atoms with Gasteiger partial charge >= 0.3 is 0 Å². The largest absolute Gasteiger partial charge is 0.494 e. The second kappa shape index (κ2) is 5.74. The average Bonchev–Trinajstić information content (AvgIpc) is 2.54. The van der Waals surface area contributed by atoms with Gasteiger partial charge in [0.1, 0.15) is 5.75 Å². The molecule has 1 heteroatoms. The molecule has 1 radical (unpaired) electrons. The van der Waals surface area contributed by atoms with Gasteiger partial charge in [0, 0.05) is 0 Å². The molecule has 0 saturated carbocycles. The average molecular weight is 215 g/mol. The fraction of sp³-hybridized carbons (Fsp3) is 0.467. The molecular weight excluding hydrogens is 196 g/mol. The van der Waals surface area contributed by atoms with Crippen LogP contribution in [0, 0.1) is 6.08 Å². The van der Waals surface area contributed by atoms with Crippen molar-refractivity contribution in [2.24, 2.45) is 0 Å². The van der Waals surface area contributed by atoms with Crippen LogP contribution in [0.25, 0.3) is 6.08 Å². The Morgan fingerprint density at radius 3 is 3.19 bits per heavy atom. The van der Waals surface area contributed by atoms with Crippen molar-refractivity contribution in [3.63, 3.8) is 0 Å². The van der Waals surface area contributed by atoms with E-state index in [0.717, 1.165) is 31.6 Å². The molecule has 0 amide bonds. The molecule has 16 heavy (non-hydrogen) atoms. The smallest absolute Gasteiger partial charge is 0.119 e. The highest BCUT2D eigenvalue weighted by atomic mass is 16.5. The Morgan fingerprint density at radius 2 is 2.31 bits per heavy atom. The Bertz CT molecular complexity index is 366. The first-order chi connectivity index (χ1) is 7.90. The Balaban J connectivity index is 2.06. The van der Waals surface area contributed by atoms with Crippen molar-refractivity contribution >= 4 is 6.08 Å². The number of hydrogen-bond acceptors (Lipinski definition) is 1. The van der Waals surface area contributed by atoms with E-state index in [1.54, 1.807) is 0 Å². The van der Waals surface area contributed by atoms with Crippen molar-refractivity contribution in [3.8, 4) is 5.75 Å². The van der Waals surface area contributed by atoms with E-state index in [1.165, 1.54) is 24.0 Å². The molecule has 0 unspecified atom stereocenters. The van der Waals surface area contributed by atoms with Gasteiger partial charge in [-0.1, -0.05) is 25.5 Å². The summed E-state index contributed by atoms with van der Waals surface area (Å²) in [5.74, 6) is 1.02. The second-order valence-corrected chi connectivity index (χ2v) is 4.26. The number of fused-ring (bicyclic) bond motifs is 1. The Labute approximate surface area is 98.1 Å². The van der Waals surface area contributed by atoms with Crippen molar-refractivity contribution in [1.82, 2.24) is 0 Å². The van der Waals surface area contributed by atoms with E-state index in [-0.39, 0.29) is 0 Å². The SMILES string of the molecule is CCCCOc1ccc2c(c1)CCC[C]=C2. The van der Waals surface area contributed by atoms with Gasteiger partial charge in [-0.15, -0.1) is 0 Å². The molecule has 0 aliphatic heterocycles. The van der Waals surface area contributed by atoms with Crippen LogP contribution in [0.2, 0.25) is 0 Å². The zero-order chi connectivity index (χ0) is 11.2. The summed E-state index contributed by atoms with van der Waals surface area (Å²) in [7, 11) is 0. The maximum atomic E-state index is 5.72. The summed E-state index contributed by atoms with van der Waals surface area (Å²) < 4.78 is 5.72. The predicted molar refractivity (Wildman–Crippen MR) is 67.5 cm³/mol. The van der Waals surface area contributed by atoms with E-state index in [2.05, 4.69) is 37.3 Å². The van der Waals surface area contributed by atoms with Crippen LogP contribution in [0.3, 0.4) is 0 Å². The molecule has 1 aliphatic carbocycles. The molecule has 0 aromatic heterocycles. The Kier molecular flexibility index (Phi) is 4.03. The number of hydrogen-bond donors (Lipinski definition) is 0. The standard InChI is InChI=1S/C15H19O/c1-2-3-11-16-15-10-9-13-7-5-4-6-8-14(13)12-15/h7,9-10,12H,2-4,6,8,11H2,1H3. The van der Waals surface area contributed by atoms with Crippen LogP contribution in [0.4, 0.5) is 0 Å². The van der Waals surface area contributed by atoms with Gasteiger partial charge in [-0.25, -0.2) is 0 Å². The monoisotopic (exact) mass is 215 g/mol. The molecule has 0 fully saturated rings. The lowest BCUT2D eigenvalue weighted by Gasteiger charge is -2.09. The zero-order valence-corrected chi connectivity index (χ0v) is 9.96. The molecule has 1 nitrogen and oxygen atoms in total. The minimum absolute atomic E-state index is 0.831. The van der Waals surface area contributed by atoms with Crippen LogP contribution >= 0.6 is 0 Å². The molecule has 2 rings (SSSR count). The van der Waals surface area contributed by atoms with Crippen LogP contribution in [0.15, 0.2) is 18.2 Å². The molecule has 1 aliphatic rings. The van der Waals surface area contributed by atoms with E-state index >= 15 is 0 Å². The lowest BCUT2D eigenvalue weighted by atomic mass is 10.0. The molecule has 1 aromatic carbocycles. The van der Waals surface area contributed by atoms with Crippen LogP contribution in [-0.4, -0.2) is 6.61 Å². The van der Waals surface area contributed by atoms with Crippen molar-refractivity contribution in [2.45, 2.75) is 39.0 Å². The summed E-state index contributed by atoms with van der Waals surface area (Å²) in [6, 6.07) is 6.40. The van der Waals surface area contributed by atoms with Gasteiger partial charge in [0.15, 0.2) is 0 Å². The van der Waals surface area contributed by atoms with Crippen molar-refractivity contribution in [3.05, 3.63) is 35.4 Å². The molecule has 0 heterocycles. The maximum Gasteiger partial charge on any atom is 0.119 e. The molecule has 0 saturated heterocycles. The highest BCUT2D eigenvalue weighted by molar-refractivity contribution is 5.55. The fourth-order valence-corrected chi connectivity index (χ4v) is 1.93. The van der Waals surface area contributed by atoms with Crippen molar-refractivity contribution in [2.75, 3.05) is 6.61 Å². The Hall–Kier alpha value is -1.24. The third-order valence-corrected chi connectivity index (χ3v) is 2.91. The lowest BCUT2D eigenvalue weighted by molar-refractivity contribution is 0.309. The summed E-state index contributed by atoms with van der Waals surface area (Å²) in [4.78, 5) is 0. The van der Waals surface area contributed by atoms with Crippen LogP contribution in [-0.2, 0) is 6.42 Å². The van der Waals surface area contributed by atoms with E-state index in [9.17, 15) is 0 Å². The number of aryl methyl sites for hydroxylation is 1. The maximum absolute atomic E-state index is 5.72. The van der Waals surface area contributed by atoms with E-state index in [1.807, 2.05) is 0 Å². The highest BCUT2D eigenvalue weighted by Gasteiger charge is 2.05. The summed E-state index contributed by atoms with van der Waals surface area (Å²) in [6.45, 7) is 3.01. The first-order valence-electron chi connectivity index (χ1n) is 6.22. The molecule has 85 valence electrons. The van der Waals surface area contributed by atoms with Crippen LogP contribution in [0.1, 0.15) is 43.7 Å². The Morgan fingerprint density at radius 1 is 1.38 bits per heavy atom. The van der Waals surface area contributed by atoms with Gasteiger partial charge < -0.3 is 4.74 Å². The van der Waals surface area contributed by atoms with Gasteiger partial charge in [0.2, 0.25) is 0 Å². The fourth-order valence-electron chi connectivity index (χ4n) is 1.93. The predicted octanol–water partition coefficient (Wildman–Crippen LogP) is 4.02. The zero-order valence-electron chi connectivity index (χ0n) is 9.96. The molecule has 0 atom stereocenters. The van der Waals surface area contributed by atoms with Crippen molar-refractivity contribution < 1.29 is 4.74 Å². The first kappa shape index (κ1) is 11.3. The molecule has 0 bridgehead atoms. The second-order valence-electron chi connectivity index (χ2n) is 4.26. The number of rotatable bonds is 4. The topological polar surface area (TPSA) is 9.23 Å². The third-order valence-electron chi connectivity index (χ3n) is 2.91. The van der Waals surface area contributed by atoms with Crippen LogP contribution in [0.5, 0.6) is 5.75 Å². The van der Waals surface area contributed by atoms with Gasteiger partial charge in [0.25, 0.3) is 0 Å². The number of allylic oxidation sites excluding steroid dienone is 1. The van der Waals surface area contributed by atoms with Crippen molar-refractivity contribution in [1.29, 1.82) is 0 Å². The third kappa shape index (κ3) is 2.88. The minimum atomic E-state index is 0.831. The van der Waals surface area contributed by atoms with Gasteiger partial charge in [-0.3, -0.25) is 0 Å². The van der Waals surface area contributed by atoms with Gasteiger partial charge in [-0.05, 0) is 55.0 Å². The van der Waals surface area contributed by atoms with E-state index < -0.39 is 0 Å². The number of ether oxygens (including phenoxy) is 1. The quantitative estimate of drug-likeness (QED) is 0.689. The highest BCUT2D eigenvalue weighted by Crippen LogP contribution is 2.23. The summed E-state index contributed by atoms with van der Waals surface area (Å²) >= 11 is 0. The summed E-state index contributed by atoms with van der Waals surface area (Å²) in [5.41, 5.74) is 2.71. The van der Waals surface area contributed by atoms with Gasteiger partial charge in [-0.2, -0.15) is 0 Å².